The van der Waals surface area contributed by atoms with Gasteiger partial charge in [0.1, 0.15) is 24.0 Å². The van der Waals surface area contributed by atoms with E-state index in [0.717, 1.165) is 86.0 Å². The van der Waals surface area contributed by atoms with E-state index in [0.29, 0.717) is 43.2 Å². The first-order valence-electron chi connectivity index (χ1n) is 19.9. The average molecular weight is 793 g/mol. The number of aromatic nitrogens is 2. The van der Waals surface area contributed by atoms with Crippen LogP contribution < -0.4 is 31.2 Å². The second-order valence-corrected chi connectivity index (χ2v) is 14.8. The molecule has 57 heavy (non-hydrogen) atoms. The summed E-state index contributed by atoms with van der Waals surface area (Å²) >= 11 is 0. The summed E-state index contributed by atoms with van der Waals surface area (Å²) in [7, 11) is 3.14. The summed E-state index contributed by atoms with van der Waals surface area (Å²) in [6.07, 6.45) is 7.16. The standard InChI is InChI=1S/C22H32FN5O4.C20H25NO4/c23-18-14-24-7-3-19(18)32-17-4-9-26(10-5-17)12-13-27-8-1-2-16(21(27)30)15-28-11-6-20(29)25-22(28)31;1-6-8-21-12-17(13(2)14(3)20(21)23)15-10-18(24-4)16(7-9-22)19(11-15)25-5/h1-2,8,17-19,24H,3-7,9-15H2,(H,25,29,31);9-12H,6-8H2,1-5H3/t18-,19-;/m1./s1. The molecule has 3 fully saturated rings. The topological polar surface area (TPSA) is 153 Å². The van der Waals surface area contributed by atoms with Gasteiger partial charge < -0.3 is 43.3 Å². The number of rotatable bonds is 14. The number of piperidine rings is 2. The predicted octanol–water partition coefficient (Wildman–Crippen LogP) is 3.77. The highest BCUT2D eigenvalue weighted by Crippen LogP contribution is 2.36. The number of amides is 3. The van der Waals surface area contributed by atoms with Gasteiger partial charge in [-0.2, -0.15) is 0 Å². The minimum absolute atomic E-state index is 0.0413. The van der Waals surface area contributed by atoms with Gasteiger partial charge in [0.05, 0.1) is 33.0 Å². The van der Waals surface area contributed by atoms with Crippen molar-refractivity contribution in [3.8, 4) is 22.6 Å². The molecule has 15 heteroatoms. The lowest BCUT2D eigenvalue weighted by Gasteiger charge is -2.36. The van der Waals surface area contributed by atoms with Crippen LogP contribution in [-0.4, -0.2) is 109 Å². The predicted molar refractivity (Wildman–Crippen MR) is 215 cm³/mol. The fourth-order valence-corrected chi connectivity index (χ4v) is 7.56. The number of nitrogens with zero attached hydrogens (tertiary/aromatic N) is 4. The van der Waals surface area contributed by atoms with Crippen LogP contribution in [0.5, 0.6) is 11.5 Å². The van der Waals surface area contributed by atoms with Crippen LogP contribution in [0.15, 0.2) is 46.2 Å². The van der Waals surface area contributed by atoms with Gasteiger partial charge in [-0.25, -0.2) is 9.18 Å². The Hall–Kier alpha value is -4.86. The lowest BCUT2D eigenvalue weighted by atomic mass is 9.96. The van der Waals surface area contributed by atoms with Crippen molar-refractivity contribution in [2.24, 2.45) is 0 Å². The Kier molecular flexibility index (Phi) is 15.6. The van der Waals surface area contributed by atoms with E-state index in [9.17, 15) is 28.4 Å². The zero-order valence-corrected chi connectivity index (χ0v) is 33.8. The molecule has 3 aromatic rings. The van der Waals surface area contributed by atoms with Crippen LogP contribution in [0.4, 0.5) is 9.18 Å². The number of hydrogen-bond donors (Lipinski definition) is 2. The van der Waals surface area contributed by atoms with E-state index < -0.39 is 12.2 Å². The van der Waals surface area contributed by atoms with Crippen LogP contribution >= 0.6 is 0 Å². The molecule has 14 nitrogen and oxygen atoms in total. The number of halogens is 1. The van der Waals surface area contributed by atoms with E-state index in [-0.39, 0.29) is 48.6 Å². The van der Waals surface area contributed by atoms with Crippen molar-refractivity contribution in [2.45, 2.75) is 97.3 Å². The van der Waals surface area contributed by atoms with Crippen LogP contribution in [0.3, 0.4) is 0 Å². The molecule has 310 valence electrons. The molecule has 3 amide bonds. The third-order valence-electron chi connectivity index (χ3n) is 11.0. The van der Waals surface area contributed by atoms with E-state index in [1.165, 1.54) is 4.90 Å². The highest BCUT2D eigenvalue weighted by molar-refractivity contribution is 5.96. The smallest absolute Gasteiger partial charge is 0.324 e. The highest BCUT2D eigenvalue weighted by Gasteiger charge is 2.30. The van der Waals surface area contributed by atoms with Gasteiger partial charge in [-0.3, -0.25) is 19.7 Å². The number of hydrogen-bond acceptors (Lipinski definition) is 10. The average Bonchev–Trinajstić information content (AvgIpc) is 3.21. The van der Waals surface area contributed by atoms with Crippen molar-refractivity contribution < 1.29 is 33.0 Å². The first-order chi connectivity index (χ1) is 27.5. The number of imide groups is 1. The van der Waals surface area contributed by atoms with E-state index in [1.54, 1.807) is 35.6 Å². The van der Waals surface area contributed by atoms with E-state index in [4.69, 9.17) is 14.2 Å². The van der Waals surface area contributed by atoms with Crippen molar-refractivity contribution >= 4 is 18.2 Å². The monoisotopic (exact) mass is 792 g/mol. The van der Waals surface area contributed by atoms with Crippen molar-refractivity contribution in [1.29, 1.82) is 0 Å². The first-order valence-corrected chi connectivity index (χ1v) is 19.9. The zero-order valence-electron chi connectivity index (χ0n) is 33.8. The Labute approximate surface area is 333 Å². The molecule has 0 radical (unpaired) electrons. The Balaban J connectivity index is 0.000000225. The highest BCUT2D eigenvalue weighted by atomic mass is 19.1. The normalized spacial score (nSPS) is 19.1. The molecular weight excluding hydrogens is 735 g/mol. The fraction of sp³-hybridized carbons (Fsp3) is 0.548. The largest absolute Gasteiger partial charge is 0.496 e. The number of aryl methyl sites for hydroxylation is 1. The van der Waals surface area contributed by atoms with Gasteiger partial charge in [0, 0.05) is 93.3 Å². The summed E-state index contributed by atoms with van der Waals surface area (Å²) in [5.74, 6) is 0.921. The number of methoxy groups -OCH3 is 2. The quantitative estimate of drug-likeness (QED) is 0.231. The Morgan fingerprint density at radius 3 is 2.26 bits per heavy atom. The minimum atomic E-state index is -0.933. The Morgan fingerprint density at radius 1 is 0.912 bits per heavy atom. The number of urea groups is 1. The number of alkyl halides is 1. The van der Waals surface area contributed by atoms with E-state index >= 15 is 0 Å². The van der Waals surface area contributed by atoms with Crippen LogP contribution in [0, 0.1) is 13.8 Å². The maximum Gasteiger partial charge on any atom is 0.324 e. The van der Waals surface area contributed by atoms with Gasteiger partial charge in [-0.05, 0) is 75.4 Å². The molecule has 5 heterocycles. The number of likely N-dealkylation sites (tertiary alicyclic amines) is 1. The zero-order chi connectivity index (χ0) is 41.1. The Morgan fingerprint density at radius 2 is 1.63 bits per heavy atom. The molecule has 2 aromatic heterocycles. The number of aldehydes is 1. The summed E-state index contributed by atoms with van der Waals surface area (Å²) in [5.41, 5.74) is 4.71. The summed E-state index contributed by atoms with van der Waals surface area (Å²) in [4.78, 5) is 63.3. The van der Waals surface area contributed by atoms with Crippen LogP contribution in [0.1, 0.15) is 61.3 Å². The van der Waals surface area contributed by atoms with Gasteiger partial charge in [-0.1, -0.05) is 13.0 Å². The molecule has 2 atom stereocenters. The number of benzene rings is 1. The maximum absolute atomic E-state index is 14.0. The number of ether oxygens (including phenoxy) is 3. The van der Waals surface area contributed by atoms with Crippen molar-refractivity contribution in [3.63, 3.8) is 0 Å². The lowest BCUT2D eigenvalue weighted by Crippen LogP contribution is -2.49. The molecular formula is C42H57FN6O8. The summed E-state index contributed by atoms with van der Waals surface area (Å²) in [6.45, 7) is 11.2. The van der Waals surface area contributed by atoms with Gasteiger partial charge in [0.2, 0.25) is 5.91 Å². The Bertz CT molecular complexity index is 1970. The lowest BCUT2D eigenvalue weighted by molar-refractivity contribution is -0.121. The van der Waals surface area contributed by atoms with Crippen LogP contribution in [-0.2, 0) is 40.4 Å². The molecule has 0 saturated carbocycles. The minimum Gasteiger partial charge on any atom is -0.496 e. The number of pyridine rings is 2. The van der Waals surface area contributed by atoms with Gasteiger partial charge in [-0.15, -0.1) is 0 Å². The van der Waals surface area contributed by atoms with E-state index in [1.807, 2.05) is 45.2 Å². The molecule has 0 bridgehead atoms. The van der Waals surface area contributed by atoms with Gasteiger partial charge in [0.15, 0.2) is 0 Å². The van der Waals surface area contributed by atoms with Crippen LogP contribution in [0.25, 0.3) is 11.1 Å². The molecule has 3 aliphatic heterocycles. The van der Waals surface area contributed by atoms with Crippen LogP contribution in [0.2, 0.25) is 0 Å². The molecule has 2 N–H and O–H groups in total. The molecule has 6 rings (SSSR count). The molecule has 3 saturated heterocycles. The van der Waals surface area contributed by atoms with Gasteiger partial charge in [0.25, 0.3) is 11.1 Å². The van der Waals surface area contributed by atoms with E-state index in [2.05, 4.69) is 15.5 Å². The first kappa shape index (κ1) is 43.3. The summed E-state index contributed by atoms with van der Waals surface area (Å²) in [5, 5.41) is 5.33. The second kappa shape index (κ2) is 20.5. The van der Waals surface area contributed by atoms with Gasteiger partial charge >= 0.3 is 6.03 Å². The molecule has 0 unspecified atom stereocenters. The third kappa shape index (κ3) is 11.0. The molecule has 0 spiro atoms. The SMILES string of the molecule is CCCn1cc(-c2cc(OC)c(CC=O)c(OC)c2)c(C)c(C)c1=O.O=C1CCN(Cc2cccn(CCN3CCC(O[C@@H]4CCNC[C@H]4F)CC3)c2=O)C(=O)N1. The number of carbonyl (C=O) groups excluding carboxylic acids is 3. The van der Waals surface area contributed by atoms with Crippen molar-refractivity contribution in [1.82, 2.24) is 29.6 Å². The molecule has 1 aromatic carbocycles. The van der Waals surface area contributed by atoms with Crippen molar-refractivity contribution in [2.75, 3.05) is 53.5 Å². The second-order valence-electron chi connectivity index (χ2n) is 14.8. The summed E-state index contributed by atoms with van der Waals surface area (Å²) in [6, 6.07) is 6.87. The molecule has 3 aliphatic rings. The maximum atomic E-state index is 14.0. The number of nitrogens with one attached hydrogen (secondary N) is 2. The fourth-order valence-electron chi connectivity index (χ4n) is 7.56. The number of carbonyl (C=O) groups is 3. The van der Waals surface area contributed by atoms with Crippen molar-refractivity contribution in [3.05, 3.63) is 79.6 Å². The third-order valence-corrected chi connectivity index (χ3v) is 11.0. The summed E-state index contributed by atoms with van der Waals surface area (Å²) < 4.78 is 34.4. The molecule has 0 aliphatic carbocycles.